The number of amides is 3. The van der Waals surface area contributed by atoms with E-state index in [1.54, 1.807) is 23.4 Å². The molecule has 6 rings (SSSR count). The highest BCUT2D eigenvalue weighted by molar-refractivity contribution is 6.25. The number of hydrogen-bond donors (Lipinski definition) is 2. The third kappa shape index (κ3) is 3.57. The average molecular weight is 491 g/mol. The van der Waals surface area contributed by atoms with Gasteiger partial charge in [0.15, 0.2) is 5.78 Å². The van der Waals surface area contributed by atoms with Gasteiger partial charge < -0.3 is 15.4 Å². The monoisotopic (exact) mass is 490 g/mol. The van der Waals surface area contributed by atoms with Crippen LogP contribution in [0.3, 0.4) is 0 Å². The first-order valence-corrected chi connectivity index (χ1v) is 12.0. The lowest BCUT2D eigenvalue weighted by Gasteiger charge is -2.36. The number of fused-ring (bicyclic) bond motifs is 3. The standard InChI is InChI=1S/C24H26N8O4/c25-23(34)32(31-10-12-36-13-11-31)17-3-1-2-16-18(17)22(33)19-20(27-28-21(16)19)15-4-7-29(8-5-15)24(35)30-9-6-26-14-30/h1-3,6,9,14-15H,4-5,7-8,10-13H2,(H2,25,34)(H,27,28). The fourth-order valence-corrected chi connectivity index (χ4v) is 5.41. The molecule has 3 aromatic rings. The second kappa shape index (κ2) is 8.88. The smallest absolute Gasteiger partial charge is 0.334 e. The van der Waals surface area contributed by atoms with Crippen LogP contribution in [-0.4, -0.2) is 86.9 Å². The van der Waals surface area contributed by atoms with Gasteiger partial charge in [-0.1, -0.05) is 12.1 Å². The van der Waals surface area contributed by atoms with Crippen LogP contribution in [0.5, 0.6) is 0 Å². The normalized spacial score (nSPS) is 18.2. The van der Waals surface area contributed by atoms with E-state index in [1.807, 2.05) is 17.1 Å². The fourth-order valence-electron chi connectivity index (χ4n) is 5.41. The molecule has 1 aromatic carbocycles. The Morgan fingerprint density at radius 1 is 1.11 bits per heavy atom. The molecule has 0 saturated carbocycles. The van der Waals surface area contributed by atoms with Gasteiger partial charge in [0, 0.05) is 50.1 Å². The van der Waals surface area contributed by atoms with E-state index in [0.29, 0.717) is 80.3 Å². The third-order valence-corrected chi connectivity index (χ3v) is 7.15. The minimum atomic E-state index is -0.653. The van der Waals surface area contributed by atoms with E-state index in [1.165, 1.54) is 15.9 Å². The first-order valence-electron chi connectivity index (χ1n) is 12.0. The number of rotatable bonds is 3. The predicted molar refractivity (Wildman–Crippen MR) is 128 cm³/mol. The second-order valence-corrected chi connectivity index (χ2v) is 9.12. The maximum Gasteiger partial charge on any atom is 0.334 e. The zero-order valence-corrected chi connectivity index (χ0v) is 19.6. The predicted octanol–water partition coefficient (Wildman–Crippen LogP) is 1.80. The van der Waals surface area contributed by atoms with Crippen LogP contribution in [-0.2, 0) is 4.74 Å². The number of hydrazine groups is 1. The molecule has 3 amide bonds. The van der Waals surface area contributed by atoms with Gasteiger partial charge in [-0.2, -0.15) is 5.10 Å². The Bertz CT molecular complexity index is 1320. The van der Waals surface area contributed by atoms with Crippen LogP contribution in [0, 0.1) is 0 Å². The molecular formula is C24H26N8O4. The molecule has 36 heavy (non-hydrogen) atoms. The molecule has 2 saturated heterocycles. The topological polar surface area (TPSA) is 143 Å². The Labute approximate surface area is 206 Å². The van der Waals surface area contributed by atoms with Crippen LogP contribution in [0.25, 0.3) is 11.3 Å². The van der Waals surface area contributed by atoms with Crippen molar-refractivity contribution in [1.29, 1.82) is 0 Å². The van der Waals surface area contributed by atoms with E-state index in [9.17, 15) is 14.4 Å². The molecule has 0 unspecified atom stereocenters. The number of primary amides is 1. The summed E-state index contributed by atoms with van der Waals surface area (Å²) in [6.45, 7) is 3.06. The molecule has 0 bridgehead atoms. The summed E-state index contributed by atoms with van der Waals surface area (Å²) in [6, 6.07) is 4.63. The van der Waals surface area contributed by atoms with Crippen molar-refractivity contribution in [2.45, 2.75) is 18.8 Å². The Morgan fingerprint density at radius 2 is 1.89 bits per heavy atom. The number of H-pyrrole nitrogens is 1. The Kier molecular flexibility index (Phi) is 5.53. The van der Waals surface area contributed by atoms with E-state index >= 15 is 0 Å². The van der Waals surface area contributed by atoms with Crippen LogP contribution in [0.1, 0.15) is 40.4 Å². The number of carbonyl (C=O) groups is 3. The summed E-state index contributed by atoms with van der Waals surface area (Å²) in [6.07, 6.45) is 6.11. The van der Waals surface area contributed by atoms with Crippen molar-refractivity contribution in [2.75, 3.05) is 44.4 Å². The van der Waals surface area contributed by atoms with Crippen molar-refractivity contribution in [2.24, 2.45) is 5.73 Å². The van der Waals surface area contributed by atoms with Crippen LogP contribution >= 0.6 is 0 Å². The van der Waals surface area contributed by atoms with Crippen LogP contribution in [0.15, 0.2) is 36.9 Å². The molecule has 2 aliphatic heterocycles. The van der Waals surface area contributed by atoms with Gasteiger partial charge in [-0.3, -0.25) is 14.5 Å². The van der Waals surface area contributed by atoms with Gasteiger partial charge in [-0.15, -0.1) is 0 Å². The van der Waals surface area contributed by atoms with Gasteiger partial charge >= 0.3 is 12.1 Å². The number of morpholine rings is 1. The van der Waals surface area contributed by atoms with Crippen molar-refractivity contribution in [3.05, 3.63) is 53.7 Å². The molecular weight excluding hydrogens is 464 g/mol. The number of nitrogens with two attached hydrogens (primary N) is 1. The molecule has 2 fully saturated rings. The quantitative estimate of drug-likeness (QED) is 0.446. The number of carbonyl (C=O) groups excluding carboxylic acids is 3. The zero-order chi connectivity index (χ0) is 24.8. The Morgan fingerprint density at radius 3 is 2.58 bits per heavy atom. The highest BCUT2D eigenvalue weighted by atomic mass is 16.5. The number of urea groups is 1. The van der Waals surface area contributed by atoms with Crippen LogP contribution in [0.2, 0.25) is 0 Å². The molecule has 0 atom stereocenters. The fraction of sp³-hybridized carbons (Fsp3) is 0.375. The number of imidazole rings is 1. The third-order valence-electron chi connectivity index (χ3n) is 7.15. The van der Waals surface area contributed by atoms with Gasteiger partial charge in [0.05, 0.1) is 35.7 Å². The number of ether oxygens (including phenoxy) is 1. The number of aromatic amines is 1. The number of likely N-dealkylation sites (tertiary alicyclic amines) is 1. The molecule has 4 heterocycles. The lowest BCUT2D eigenvalue weighted by atomic mass is 9.90. The Hall–Kier alpha value is -4.03. The summed E-state index contributed by atoms with van der Waals surface area (Å²) < 4.78 is 6.88. The van der Waals surface area contributed by atoms with Gasteiger partial charge in [0.25, 0.3) is 0 Å². The van der Waals surface area contributed by atoms with Crippen molar-refractivity contribution in [1.82, 2.24) is 29.7 Å². The van der Waals surface area contributed by atoms with Crippen LogP contribution < -0.4 is 10.7 Å². The van der Waals surface area contributed by atoms with Gasteiger partial charge in [-0.05, 0) is 18.9 Å². The largest absolute Gasteiger partial charge is 0.379 e. The Balaban J connectivity index is 1.27. The highest BCUT2D eigenvalue weighted by Gasteiger charge is 2.40. The van der Waals surface area contributed by atoms with Crippen molar-refractivity contribution < 1.29 is 19.1 Å². The van der Waals surface area contributed by atoms with Crippen molar-refractivity contribution in [3.63, 3.8) is 0 Å². The van der Waals surface area contributed by atoms with Gasteiger partial charge in [0.2, 0.25) is 0 Å². The minimum Gasteiger partial charge on any atom is -0.379 e. The summed E-state index contributed by atoms with van der Waals surface area (Å²) in [4.78, 5) is 44.7. The van der Waals surface area contributed by atoms with Crippen LogP contribution in [0.4, 0.5) is 15.3 Å². The van der Waals surface area contributed by atoms with Gasteiger partial charge in [-0.25, -0.2) is 24.6 Å². The first-order chi connectivity index (χ1) is 17.5. The maximum absolute atomic E-state index is 13.8. The van der Waals surface area contributed by atoms with E-state index in [-0.39, 0.29) is 17.7 Å². The molecule has 186 valence electrons. The molecule has 12 heteroatoms. The van der Waals surface area contributed by atoms with E-state index in [2.05, 4.69) is 15.2 Å². The first kappa shape index (κ1) is 22.4. The summed E-state index contributed by atoms with van der Waals surface area (Å²) in [5.41, 5.74) is 9.26. The molecule has 3 N–H and O–H groups in total. The van der Waals surface area contributed by atoms with Crippen molar-refractivity contribution >= 4 is 23.5 Å². The highest BCUT2D eigenvalue weighted by Crippen LogP contribution is 2.44. The number of nitrogens with one attached hydrogen (secondary N) is 1. The molecule has 2 aromatic heterocycles. The number of piperidine rings is 1. The molecule has 3 aliphatic rings. The molecule has 0 spiro atoms. The number of ketones is 1. The van der Waals surface area contributed by atoms with E-state index < -0.39 is 6.03 Å². The second-order valence-electron chi connectivity index (χ2n) is 9.12. The summed E-state index contributed by atoms with van der Waals surface area (Å²) in [5, 5.41) is 10.8. The minimum absolute atomic E-state index is 0.0567. The number of anilines is 1. The van der Waals surface area contributed by atoms with Gasteiger partial charge in [0.1, 0.15) is 12.0 Å². The van der Waals surface area contributed by atoms with E-state index in [4.69, 9.17) is 10.5 Å². The maximum atomic E-state index is 13.8. The number of nitrogens with zero attached hydrogens (tertiary/aromatic N) is 6. The summed E-state index contributed by atoms with van der Waals surface area (Å²) in [7, 11) is 0. The number of aromatic nitrogens is 4. The van der Waals surface area contributed by atoms with E-state index in [0.717, 1.165) is 5.69 Å². The molecule has 12 nitrogen and oxygen atoms in total. The number of benzene rings is 1. The lowest BCUT2D eigenvalue weighted by molar-refractivity contribution is 0.0364. The summed E-state index contributed by atoms with van der Waals surface area (Å²) >= 11 is 0. The van der Waals surface area contributed by atoms with Crippen molar-refractivity contribution in [3.8, 4) is 11.3 Å². The zero-order valence-electron chi connectivity index (χ0n) is 19.6. The molecule has 0 radical (unpaired) electrons. The summed E-state index contributed by atoms with van der Waals surface area (Å²) in [5.74, 6) is -0.114. The SMILES string of the molecule is NC(=O)N(c1cccc2c1C(=O)c1c-2n[nH]c1C1CCN(C(=O)n2ccnc2)CC1)N1CCOCC1. The lowest BCUT2D eigenvalue weighted by Crippen LogP contribution is -2.54. The average Bonchev–Trinajstić information content (AvgIpc) is 3.64. The molecule has 1 aliphatic carbocycles. The number of hydrogen-bond acceptors (Lipinski definition) is 7.